The summed E-state index contributed by atoms with van der Waals surface area (Å²) < 4.78 is 0. The first kappa shape index (κ1) is 12.6. The van der Waals surface area contributed by atoms with Crippen LogP contribution in [-0.4, -0.2) is 22.1 Å². The number of benzene rings is 1. The largest absolute Gasteiger partial charge is 0.481 e. The number of amides is 1. The fourth-order valence-corrected chi connectivity index (χ4v) is 2.04. The third kappa shape index (κ3) is 2.87. The highest BCUT2D eigenvalue weighted by atomic mass is 16.4. The quantitative estimate of drug-likeness (QED) is 0.754. The van der Waals surface area contributed by atoms with Crippen molar-refractivity contribution in [3.63, 3.8) is 0 Å². The van der Waals surface area contributed by atoms with Crippen molar-refractivity contribution in [3.8, 4) is 0 Å². The zero-order chi connectivity index (χ0) is 13.1. The van der Waals surface area contributed by atoms with E-state index >= 15 is 0 Å². The van der Waals surface area contributed by atoms with Crippen LogP contribution in [0, 0.1) is 0 Å². The molecule has 0 spiro atoms. The second kappa shape index (κ2) is 5.18. The van der Waals surface area contributed by atoms with Gasteiger partial charge in [0, 0.05) is 18.5 Å². The molecule has 0 unspecified atom stereocenters. The Labute approximate surface area is 104 Å². The Hall–Kier alpha value is -1.88. The van der Waals surface area contributed by atoms with Crippen molar-refractivity contribution in [3.05, 3.63) is 29.3 Å². The van der Waals surface area contributed by atoms with E-state index in [2.05, 4.69) is 5.32 Å². The lowest BCUT2D eigenvalue weighted by Gasteiger charge is -2.19. The first-order chi connectivity index (χ1) is 8.56. The number of anilines is 1. The van der Waals surface area contributed by atoms with Crippen molar-refractivity contribution in [1.29, 1.82) is 0 Å². The molecule has 18 heavy (non-hydrogen) atoms. The molecule has 0 aliphatic carbocycles. The third-order valence-corrected chi connectivity index (χ3v) is 3.04. The van der Waals surface area contributed by atoms with Crippen molar-refractivity contribution in [2.24, 2.45) is 0 Å². The van der Waals surface area contributed by atoms with Gasteiger partial charge in [-0.3, -0.25) is 9.59 Å². The predicted molar refractivity (Wildman–Crippen MR) is 65.2 cm³/mol. The molecular formula is C13H15NO4. The molecule has 0 bridgehead atoms. The number of aryl methyl sites for hydroxylation is 1. The summed E-state index contributed by atoms with van der Waals surface area (Å²) in [5.41, 5.74) is 2.47. The number of aliphatic carboxylic acids is 1. The van der Waals surface area contributed by atoms with Crippen LogP contribution < -0.4 is 5.32 Å². The Morgan fingerprint density at radius 3 is 2.89 bits per heavy atom. The summed E-state index contributed by atoms with van der Waals surface area (Å²) in [7, 11) is 0. The number of carbonyl (C=O) groups excluding carboxylic acids is 1. The van der Waals surface area contributed by atoms with E-state index in [9.17, 15) is 14.7 Å². The predicted octanol–water partition coefficient (Wildman–Crippen LogP) is 1.47. The van der Waals surface area contributed by atoms with Crippen LogP contribution in [0.1, 0.15) is 36.5 Å². The lowest BCUT2D eigenvalue weighted by atomic mass is 9.97. The summed E-state index contributed by atoms with van der Waals surface area (Å²) in [6.45, 7) is 0. The number of aliphatic hydroxyl groups excluding tert-OH is 1. The van der Waals surface area contributed by atoms with Crippen molar-refractivity contribution in [2.75, 3.05) is 5.32 Å². The molecular weight excluding hydrogens is 234 g/mol. The Bertz CT molecular complexity index is 484. The molecule has 0 aromatic heterocycles. The first-order valence-corrected chi connectivity index (χ1v) is 5.89. The molecule has 1 aromatic rings. The van der Waals surface area contributed by atoms with Crippen molar-refractivity contribution in [2.45, 2.75) is 31.8 Å². The average molecular weight is 249 g/mol. The maximum atomic E-state index is 11.2. The number of rotatable bonds is 4. The number of nitrogens with one attached hydrogen (secondary N) is 1. The van der Waals surface area contributed by atoms with Crippen molar-refractivity contribution in [1.82, 2.24) is 0 Å². The summed E-state index contributed by atoms with van der Waals surface area (Å²) >= 11 is 0. The SMILES string of the molecule is O=C(O)CC[C@H](O)c1ccc2c(c1)CCC(=O)N2. The summed E-state index contributed by atoms with van der Waals surface area (Å²) in [5, 5.41) is 21.2. The van der Waals surface area contributed by atoms with Gasteiger partial charge in [-0.1, -0.05) is 12.1 Å². The molecule has 96 valence electrons. The van der Waals surface area contributed by atoms with Crippen LogP contribution in [0.3, 0.4) is 0 Å². The molecule has 5 heteroatoms. The van der Waals surface area contributed by atoms with Gasteiger partial charge in [-0.2, -0.15) is 0 Å². The standard InChI is InChI=1S/C13H15NO4/c15-11(4-6-13(17)18)9-1-3-10-8(7-9)2-5-12(16)14-10/h1,3,7,11,15H,2,4-6H2,(H,14,16)(H,17,18)/t11-/m0/s1. The van der Waals surface area contributed by atoms with Crippen LogP contribution in [0.15, 0.2) is 18.2 Å². The van der Waals surface area contributed by atoms with Gasteiger partial charge in [0.1, 0.15) is 0 Å². The maximum absolute atomic E-state index is 11.2. The monoisotopic (exact) mass is 249 g/mol. The normalized spacial score (nSPS) is 15.7. The molecule has 1 aliphatic rings. The molecule has 3 N–H and O–H groups in total. The summed E-state index contributed by atoms with van der Waals surface area (Å²) in [5.74, 6) is -0.916. The molecule has 2 rings (SSSR count). The van der Waals surface area contributed by atoms with Gasteiger partial charge in [0.2, 0.25) is 5.91 Å². The van der Waals surface area contributed by atoms with Crippen LogP contribution in [0.5, 0.6) is 0 Å². The van der Waals surface area contributed by atoms with E-state index in [4.69, 9.17) is 5.11 Å². The number of hydrogen-bond donors (Lipinski definition) is 3. The topological polar surface area (TPSA) is 86.6 Å². The molecule has 1 aromatic carbocycles. The molecule has 1 heterocycles. The van der Waals surface area contributed by atoms with Crippen LogP contribution in [0.4, 0.5) is 5.69 Å². The molecule has 0 fully saturated rings. The minimum Gasteiger partial charge on any atom is -0.481 e. The number of aliphatic hydroxyl groups is 1. The van der Waals surface area contributed by atoms with E-state index in [1.165, 1.54) is 0 Å². The summed E-state index contributed by atoms with van der Waals surface area (Å²) in [6, 6.07) is 5.31. The lowest BCUT2D eigenvalue weighted by molar-refractivity contribution is -0.137. The molecule has 0 radical (unpaired) electrons. The Morgan fingerprint density at radius 1 is 1.39 bits per heavy atom. The highest BCUT2D eigenvalue weighted by Crippen LogP contribution is 2.27. The molecule has 5 nitrogen and oxygen atoms in total. The van der Waals surface area contributed by atoms with Gasteiger partial charge < -0.3 is 15.5 Å². The number of carbonyl (C=O) groups is 2. The fourth-order valence-electron chi connectivity index (χ4n) is 2.04. The van der Waals surface area contributed by atoms with Gasteiger partial charge in [-0.25, -0.2) is 0 Å². The van der Waals surface area contributed by atoms with Crippen LogP contribution in [0.2, 0.25) is 0 Å². The zero-order valence-electron chi connectivity index (χ0n) is 9.85. The average Bonchev–Trinajstić information content (AvgIpc) is 2.35. The van der Waals surface area contributed by atoms with E-state index in [1.54, 1.807) is 12.1 Å². The van der Waals surface area contributed by atoms with E-state index in [0.717, 1.165) is 11.3 Å². The van der Waals surface area contributed by atoms with Gasteiger partial charge in [0.05, 0.1) is 6.10 Å². The Kier molecular flexibility index (Phi) is 3.62. The smallest absolute Gasteiger partial charge is 0.303 e. The van der Waals surface area contributed by atoms with E-state index in [0.29, 0.717) is 18.4 Å². The van der Waals surface area contributed by atoms with Gasteiger partial charge in [-0.05, 0) is 30.0 Å². The Balaban J connectivity index is 2.11. The van der Waals surface area contributed by atoms with Crippen molar-refractivity contribution >= 4 is 17.6 Å². The molecule has 1 atom stereocenters. The van der Waals surface area contributed by atoms with E-state index < -0.39 is 12.1 Å². The Morgan fingerprint density at radius 2 is 2.17 bits per heavy atom. The van der Waals surface area contributed by atoms with Crippen LogP contribution >= 0.6 is 0 Å². The van der Waals surface area contributed by atoms with Gasteiger partial charge >= 0.3 is 5.97 Å². The first-order valence-electron chi connectivity index (χ1n) is 5.89. The molecule has 0 saturated carbocycles. The number of fused-ring (bicyclic) bond motifs is 1. The second-order valence-electron chi connectivity index (χ2n) is 4.41. The van der Waals surface area contributed by atoms with Crippen LogP contribution in [0.25, 0.3) is 0 Å². The number of carboxylic acid groups (broad SMARTS) is 1. The fraction of sp³-hybridized carbons (Fsp3) is 0.385. The van der Waals surface area contributed by atoms with Crippen molar-refractivity contribution < 1.29 is 19.8 Å². The molecule has 1 amide bonds. The minimum atomic E-state index is -0.917. The van der Waals surface area contributed by atoms with E-state index in [1.807, 2.05) is 6.07 Å². The second-order valence-corrected chi connectivity index (χ2v) is 4.41. The maximum Gasteiger partial charge on any atom is 0.303 e. The summed E-state index contributed by atoms with van der Waals surface area (Å²) in [4.78, 5) is 21.6. The van der Waals surface area contributed by atoms with Gasteiger partial charge in [0.15, 0.2) is 0 Å². The minimum absolute atomic E-state index is 0.00155. The molecule has 0 saturated heterocycles. The number of hydrogen-bond acceptors (Lipinski definition) is 3. The summed E-state index contributed by atoms with van der Waals surface area (Å²) in [6.07, 6.45) is 0.460. The molecule has 1 aliphatic heterocycles. The third-order valence-electron chi connectivity index (χ3n) is 3.04. The highest BCUT2D eigenvalue weighted by molar-refractivity contribution is 5.93. The van der Waals surface area contributed by atoms with Gasteiger partial charge in [-0.15, -0.1) is 0 Å². The highest BCUT2D eigenvalue weighted by Gasteiger charge is 2.17. The lowest BCUT2D eigenvalue weighted by Crippen LogP contribution is -2.19. The van der Waals surface area contributed by atoms with E-state index in [-0.39, 0.29) is 18.7 Å². The zero-order valence-corrected chi connectivity index (χ0v) is 9.85. The van der Waals surface area contributed by atoms with Crippen LogP contribution in [-0.2, 0) is 16.0 Å². The number of carboxylic acids is 1. The van der Waals surface area contributed by atoms with Gasteiger partial charge in [0.25, 0.3) is 0 Å².